The van der Waals surface area contributed by atoms with Gasteiger partial charge in [-0.3, -0.25) is 9.20 Å². The smallest absolute Gasteiger partial charge is 0.343 e. The van der Waals surface area contributed by atoms with E-state index in [1.54, 1.807) is 22.0 Å². The molecular weight excluding hydrogens is 421 g/mol. The van der Waals surface area contributed by atoms with Gasteiger partial charge in [0.1, 0.15) is 5.69 Å². The number of imidazole rings is 1. The fourth-order valence-corrected chi connectivity index (χ4v) is 4.42. The van der Waals surface area contributed by atoms with Crippen LogP contribution in [0.1, 0.15) is 39.7 Å². The Kier molecular flexibility index (Phi) is 4.91. The van der Waals surface area contributed by atoms with E-state index in [0.29, 0.717) is 21.9 Å². The van der Waals surface area contributed by atoms with Crippen LogP contribution in [0.25, 0.3) is 16.2 Å². The predicted octanol–water partition coefficient (Wildman–Crippen LogP) is 5.34. The Morgan fingerprint density at radius 1 is 1.21 bits per heavy atom. The summed E-state index contributed by atoms with van der Waals surface area (Å²) in [4.78, 5) is 22.0. The number of thiazole rings is 2. The van der Waals surface area contributed by atoms with E-state index in [1.165, 1.54) is 28.7 Å². The molecule has 0 aliphatic heterocycles. The van der Waals surface area contributed by atoms with Crippen molar-refractivity contribution >= 4 is 33.5 Å². The standard InChI is InChI=1S/C19H15F3N4OS2/c1-10(15-8-28-11(2)24-15)23-17(27)16-9-29-18-25-14(7-26(16)18)12-4-3-5-13(6-12)19(20,21)22/h3-10H,1-2H3,(H,23,27). The number of halogens is 3. The van der Waals surface area contributed by atoms with E-state index >= 15 is 0 Å². The zero-order valence-electron chi connectivity index (χ0n) is 15.3. The van der Waals surface area contributed by atoms with E-state index in [4.69, 9.17) is 0 Å². The van der Waals surface area contributed by atoms with Crippen molar-refractivity contribution in [3.63, 3.8) is 0 Å². The van der Waals surface area contributed by atoms with E-state index in [0.717, 1.165) is 22.8 Å². The first-order chi connectivity index (χ1) is 13.7. The molecule has 1 aromatic carbocycles. The number of amides is 1. The molecule has 3 heterocycles. The summed E-state index contributed by atoms with van der Waals surface area (Å²) in [5, 5.41) is 7.38. The van der Waals surface area contributed by atoms with E-state index in [9.17, 15) is 18.0 Å². The van der Waals surface area contributed by atoms with Crippen molar-refractivity contribution in [3.8, 4) is 11.3 Å². The minimum absolute atomic E-state index is 0.270. The molecule has 0 spiro atoms. The molecule has 0 aliphatic carbocycles. The third-order valence-corrected chi connectivity index (χ3v) is 5.99. The fraction of sp³-hybridized carbons (Fsp3) is 0.211. The lowest BCUT2D eigenvalue weighted by Crippen LogP contribution is -2.27. The Balaban J connectivity index is 1.61. The second-order valence-corrected chi connectivity index (χ2v) is 8.36. The van der Waals surface area contributed by atoms with Crippen LogP contribution in [0.4, 0.5) is 13.2 Å². The molecule has 29 heavy (non-hydrogen) atoms. The molecule has 1 atom stereocenters. The number of nitrogens with one attached hydrogen (secondary N) is 1. The third-order valence-electron chi connectivity index (χ3n) is 4.36. The zero-order valence-corrected chi connectivity index (χ0v) is 17.0. The van der Waals surface area contributed by atoms with Crippen LogP contribution in [0.2, 0.25) is 0 Å². The lowest BCUT2D eigenvalue weighted by Gasteiger charge is -2.11. The van der Waals surface area contributed by atoms with Crippen molar-refractivity contribution < 1.29 is 18.0 Å². The Morgan fingerprint density at radius 2 is 2.00 bits per heavy atom. The van der Waals surface area contributed by atoms with Gasteiger partial charge in [0.05, 0.1) is 28.0 Å². The first-order valence-electron chi connectivity index (χ1n) is 8.59. The Labute approximate surface area is 171 Å². The number of benzene rings is 1. The largest absolute Gasteiger partial charge is 0.416 e. The highest BCUT2D eigenvalue weighted by Crippen LogP contribution is 2.32. The zero-order chi connectivity index (χ0) is 20.8. The lowest BCUT2D eigenvalue weighted by atomic mass is 10.1. The van der Waals surface area contributed by atoms with Crippen LogP contribution in [0, 0.1) is 6.92 Å². The maximum atomic E-state index is 13.0. The van der Waals surface area contributed by atoms with Gasteiger partial charge in [-0.1, -0.05) is 12.1 Å². The van der Waals surface area contributed by atoms with Crippen LogP contribution in [-0.4, -0.2) is 20.3 Å². The maximum absolute atomic E-state index is 13.0. The second kappa shape index (κ2) is 7.27. The molecule has 0 bridgehead atoms. The van der Waals surface area contributed by atoms with Crippen molar-refractivity contribution in [3.05, 3.63) is 63.2 Å². The van der Waals surface area contributed by atoms with Crippen LogP contribution in [-0.2, 0) is 6.18 Å². The number of hydrogen-bond donors (Lipinski definition) is 1. The van der Waals surface area contributed by atoms with Crippen molar-refractivity contribution in [2.45, 2.75) is 26.1 Å². The predicted molar refractivity (Wildman–Crippen MR) is 106 cm³/mol. The number of aryl methyl sites for hydroxylation is 1. The molecule has 150 valence electrons. The van der Waals surface area contributed by atoms with Crippen molar-refractivity contribution in [2.75, 3.05) is 0 Å². The minimum atomic E-state index is -4.43. The SMILES string of the molecule is Cc1nc(C(C)NC(=O)c2csc3nc(-c4cccc(C(F)(F)F)c4)cn23)cs1. The van der Waals surface area contributed by atoms with Crippen LogP contribution in [0.15, 0.2) is 41.2 Å². The Hall–Kier alpha value is -2.72. The van der Waals surface area contributed by atoms with E-state index in [2.05, 4.69) is 15.3 Å². The number of carbonyl (C=O) groups excluding carboxylic acids is 1. The molecule has 5 nitrogen and oxygen atoms in total. The summed E-state index contributed by atoms with van der Waals surface area (Å²) in [6.45, 7) is 3.74. The quantitative estimate of drug-likeness (QED) is 0.470. The molecule has 1 unspecified atom stereocenters. The minimum Gasteiger partial charge on any atom is -0.343 e. The molecule has 0 radical (unpaired) electrons. The summed E-state index contributed by atoms with van der Waals surface area (Å²) in [7, 11) is 0. The molecule has 0 saturated carbocycles. The number of aromatic nitrogens is 3. The molecule has 10 heteroatoms. The third kappa shape index (κ3) is 3.90. The number of rotatable bonds is 4. The van der Waals surface area contributed by atoms with Crippen molar-refractivity contribution in [1.82, 2.24) is 19.7 Å². The highest BCUT2D eigenvalue weighted by Gasteiger charge is 2.30. The van der Waals surface area contributed by atoms with Gasteiger partial charge < -0.3 is 5.32 Å². The first-order valence-corrected chi connectivity index (χ1v) is 10.4. The summed E-state index contributed by atoms with van der Waals surface area (Å²) in [5.41, 5.74) is 1.13. The van der Waals surface area contributed by atoms with Gasteiger partial charge in [0.15, 0.2) is 4.96 Å². The number of hydrogen-bond acceptors (Lipinski definition) is 5. The molecule has 0 saturated heterocycles. The maximum Gasteiger partial charge on any atom is 0.416 e. The van der Waals surface area contributed by atoms with Gasteiger partial charge in [-0.25, -0.2) is 9.97 Å². The molecular formula is C19H15F3N4OS2. The summed E-state index contributed by atoms with van der Waals surface area (Å²) >= 11 is 2.76. The number of fused-ring (bicyclic) bond motifs is 1. The summed E-state index contributed by atoms with van der Waals surface area (Å²) in [5.74, 6) is -0.303. The number of carbonyl (C=O) groups is 1. The topological polar surface area (TPSA) is 59.3 Å². The first kappa shape index (κ1) is 19.6. The normalized spacial score (nSPS) is 13.0. The van der Waals surface area contributed by atoms with Crippen LogP contribution in [0.3, 0.4) is 0 Å². The van der Waals surface area contributed by atoms with Crippen LogP contribution in [0.5, 0.6) is 0 Å². The summed E-state index contributed by atoms with van der Waals surface area (Å²) in [6, 6.07) is 4.71. The Morgan fingerprint density at radius 3 is 2.69 bits per heavy atom. The number of alkyl halides is 3. The van der Waals surface area contributed by atoms with Crippen molar-refractivity contribution in [2.24, 2.45) is 0 Å². The average Bonchev–Trinajstić information content (AvgIpc) is 3.36. The fourth-order valence-electron chi connectivity index (χ4n) is 2.86. The van der Waals surface area contributed by atoms with Gasteiger partial charge in [-0.2, -0.15) is 13.2 Å². The van der Waals surface area contributed by atoms with E-state index in [-0.39, 0.29) is 11.9 Å². The highest BCUT2D eigenvalue weighted by molar-refractivity contribution is 7.15. The van der Waals surface area contributed by atoms with Gasteiger partial charge in [0, 0.05) is 22.5 Å². The molecule has 3 aromatic heterocycles. The van der Waals surface area contributed by atoms with Gasteiger partial charge in [0.25, 0.3) is 5.91 Å². The van der Waals surface area contributed by atoms with Crippen LogP contribution >= 0.6 is 22.7 Å². The van der Waals surface area contributed by atoms with Gasteiger partial charge in [-0.05, 0) is 26.0 Å². The molecule has 1 N–H and O–H groups in total. The van der Waals surface area contributed by atoms with Gasteiger partial charge >= 0.3 is 6.18 Å². The molecule has 0 fully saturated rings. The molecule has 4 rings (SSSR count). The van der Waals surface area contributed by atoms with E-state index in [1.807, 2.05) is 19.2 Å². The van der Waals surface area contributed by atoms with Crippen molar-refractivity contribution in [1.29, 1.82) is 0 Å². The second-order valence-electron chi connectivity index (χ2n) is 6.46. The summed E-state index contributed by atoms with van der Waals surface area (Å²) in [6.07, 6.45) is -2.85. The number of nitrogens with zero attached hydrogens (tertiary/aromatic N) is 3. The van der Waals surface area contributed by atoms with Crippen LogP contribution < -0.4 is 5.32 Å². The van der Waals surface area contributed by atoms with E-state index < -0.39 is 11.7 Å². The Bertz CT molecular complexity index is 1190. The monoisotopic (exact) mass is 436 g/mol. The molecule has 1 amide bonds. The molecule has 4 aromatic rings. The summed E-state index contributed by atoms with van der Waals surface area (Å²) < 4.78 is 40.5. The lowest BCUT2D eigenvalue weighted by molar-refractivity contribution is -0.137. The average molecular weight is 436 g/mol. The van der Waals surface area contributed by atoms with Gasteiger partial charge in [0.2, 0.25) is 0 Å². The highest BCUT2D eigenvalue weighted by atomic mass is 32.1. The molecule has 0 aliphatic rings. The van der Waals surface area contributed by atoms with Gasteiger partial charge in [-0.15, -0.1) is 22.7 Å².